The van der Waals surface area contributed by atoms with E-state index in [-0.39, 0.29) is 17.3 Å². The molecular weight excluding hydrogens is 426 g/mol. The Balaban J connectivity index is 1.41. The number of halogens is 4. The molecule has 1 aliphatic heterocycles. The summed E-state index contributed by atoms with van der Waals surface area (Å²) in [6, 6.07) is 7.52. The molecule has 0 bridgehead atoms. The Bertz CT molecular complexity index is 1370. The van der Waals surface area contributed by atoms with Crippen LogP contribution in [0.25, 0.3) is 21.8 Å². The van der Waals surface area contributed by atoms with E-state index >= 15 is 0 Å². The number of alkyl halides is 3. The molecule has 164 valence electrons. The van der Waals surface area contributed by atoms with Crippen molar-refractivity contribution in [1.82, 2.24) is 19.7 Å². The molecule has 1 aliphatic rings. The van der Waals surface area contributed by atoms with Crippen LogP contribution in [0.4, 0.5) is 23.4 Å². The number of hydrogen-bond acceptors (Lipinski definition) is 4. The van der Waals surface area contributed by atoms with E-state index in [2.05, 4.69) is 10.1 Å². The first kappa shape index (κ1) is 20.2. The minimum Gasteiger partial charge on any atom is -0.383 e. The van der Waals surface area contributed by atoms with Gasteiger partial charge in [0.25, 0.3) is 5.91 Å². The number of nitrogen functional groups attached to an aromatic ring is 1. The van der Waals surface area contributed by atoms with Gasteiger partial charge >= 0.3 is 6.18 Å². The second-order valence-electron chi connectivity index (χ2n) is 7.90. The third-order valence-corrected chi connectivity index (χ3v) is 5.90. The monoisotopic (exact) mass is 443 g/mol. The van der Waals surface area contributed by atoms with E-state index in [0.717, 1.165) is 12.1 Å². The summed E-state index contributed by atoms with van der Waals surface area (Å²) in [4.78, 5) is 18.6. The number of nitrogens with two attached hydrogens (primary N) is 1. The fourth-order valence-corrected chi connectivity index (χ4v) is 4.11. The fraction of sp³-hybridized carbons (Fsp3) is 0.227. The number of fused-ring (bicyclic) bond motifs is 3. The molecule has 1 fully saturated rings. The molecule has 2 aromatic carbocycles. The largest absolute Gasteiger partial charge is 0.416 e. The third-order valence-electron chi connectivity index (χ3n) is 5.90. The highest BCUT2D eigenvalue weighted by Crippen LogP contribution is 2.34. The summed E-state index contributed by atoms with van der Waals surface area (Å²) in [5, 5.41) is 5.33. The number of nitrogens with zero attached hydrogens (tertiary/aromatic N) is 4. The highest BCUT2D eigenvalue weighted by molar-refractivity contribution is 6.10. The molecule has 3 heterocycles. The zero-order chi connectivity index (χ0) is 22.8. The number of pyridine rings is 1. The van der Waals surface area contributed by atoms with Crippen molar-refractivity contribution in [1.29, 1.82) is 0 Å². The van der Waals surface area contributed by atoms with E-state index in [9.17, 15) is 22.4 Å². The minimum absolute atomic E-state index is 0.0996. The van der Waals surface area contributed by atoms with Gasteiger partial charge in [0.2, 0.25) is 0 Å². The van der Waals surface area contributed by atoms with E-state index in [1.165, 1.54) is 29.2 Å². The van der Waals surface area contributed by atoms with Crippen LogP contribution in [-0.4, -0.2) is 38.7 Å². The second-order valence-corrected chi connectivity index (χ2v) is 7.90. The van der Waals surface area contributed by atoms with Crippen LogP contribution in [0.2, 0.25) is 0 Å². The van der Waals surface area contributed by atoms with Crippen LogP contribution in [0.1, 0.15) is 27.4 Å². The van der Waals surface area contributed by atoms with Crippen molar-refractivity contribution in [3.8, 4) is 0 Å². The SMILES string of the molecule is Cn1ncc2c(N)nc3cc(F)c(C(=O)N4CC(c5ccc(C(F)(F)F)cc5)C4)cc3c21. The van der Waals surface area contributed by atoms with Gasteiger partial charge in [-0.1, -0.05) is 12.1 Å². The Labute approximate surface area is 179 Å². The van der Waals surface area contributed by atoms with Crippen LogP contribution < -0.4 is 5.73 Å². The molecule has 6 nitrogen and oxygen atoms in total. The average Bonchev–Trinajstić information content (AvgIpc) is 3.09. The van der Waals surface area contributed by atoms with Crippen LogP contribution in [0.5, 0.6) is 0 Å². The van der Waals surface area contributed by atoms with Gasteiger partial charge in [-0.25, -0.2) is 9.37 Å². The van der Waals surface area contributed by atoms with Gasteiger partial charge in [0.1, 0.15) is 11.6 Å². The molecule has 0 saturated carbocycles. The predicted molar refractivity (Wildman–Crippen MR) is 110 cm³/mol. The molecule has 10 heteroatoms. The van der Waals surface area contributed by atoms with Gasteiger partial charge < -0.3 is 10.6 Å². The number of hydrogen-bond donors (Lipinski definition) is 1. The smallest absolute Gasteiger partial charge is 0.383 e. The molecule has 0 spiro atoms. The van der Waals surface area contributed by atoms with Crippen LogP contribution in [0, 0.1) is 5.82 Å². The lowest BCUT2D eigenvalue weighted by atomic mass is 9.90. The molecule has 0 aliphatic carbocycles. The predicted octanol–water partition coefficient (Wildman–Crippen LogP) is 4.10. The average molecular weight is 443 g/mol. The van der Waals surface area contributed by atoms with Gasteiger partial charge in [0, 0.05) is 37.5 Å². The minimum atomic E-state index is -4.40. The zero-order valence-corrected chi connectivity index (χ0v) is 16.8. The summed E-state index contributed by atoms with van der Waals surface area (Å²) in [7, 11) is 1.72. The maximum atomic E-state index is 14.8. The first-order chi connectivity index (χ1) is 15.1. The number of likely N-dealkylation sites (tertiary alicyclic amines) is 1. The summed E-state index contributed by atoms with van der Waals surface area (Å²) in [5.41, 5.74) is 6.79. The lowest BCUT2D eigenvalue weighted by Gasteiger charge is -2.39. The number of aromatic nitrogens is 3. The Kier molecular flexibility index (Phi) is 4.37. The van der Waals surface area contributed by atoms with E-state index in [1.54, 1.807) is 17.9 Å². The maximum absolute atomic E-state index is 14.8. The molecule has 2 aromatic heterocycles. The maximum Gasteiger partial charge on any atom is 0.416 e. The standard InChI is InChI=1S/C22H17F4N5O/c1-30-19-15-6-14(17(23)7-18(15)29-20(27)16(19)8-28-30)21(32)31-9-12(10-31)11-2-4-13(5-3-11)22(24,25)26/h2-8,12H,9-10H2,1H3,(H2,27,29). The van der Waals surface area contributed by atoms with Crippen molar-refractivity contribution < 1.29 is 22.4 Å². The molecule has 2 N–H and O–H groups in total. The molecular formula is C22H17F4N5O. The highest BCUT2D eigenvalue weighted by Gasteiger charge is 2.35. The lowest BCUT2D eigenvalue weighted by Crippen LogP contribution is -2.48. The van der Waals surface area contributed by atoms with Crippen molar-refractivity contribution in [2.75, 3.05) is 18.8 Å². The van der Waals surface area contributed by atoms with E-state index in [4.69, 9.17) is 5.73 Å². The van der Waals surface area contributed by atoms with Crippen LogP contribution >= 0.6 is 0 Å². The molecule has 1 saturated heterocycles. The molecule has 4 aromatic rings. The number of carbonyl (C=O) groups excluding carboxylic acids is 1. The second kappa shape index (κ2) is 6.91. The number of carbonyl (C=O) groups is 1. The summed E-state index contributed by atoms with van der Waals surface area (Å²) < 4.78 is 54.6. The number of anilines is 1. The van der Waals surface area contributed by atoms with Crippen molar-refractivity contribution in [3.63, 3.8) is 0 Å². The van der Waals surface area contributed by atoms with Gasteiger partial charge in [-0.2, -0.15) is 18.3 Å². The molecule has 5 rings (SSSR count). The van der Waals surface area contributed by atoms with Crippen molar-refractivity contribution in [2.45, 2.75) is 12.1 Å². The van der Waals surface area contributed by atoms with Crippen molar-refractivity contribution in [3.05, 3.63) is 65.1 Å². The molecule has 0 unspecified atom stereocenters. The number of aryl methyl sites for hydroxylation is 1. The van der Waals surface area contributed by atoms with Crippen molar-refractivity contribution in [2.24, 2.45) is 7.05 Å². The summed E-state index contributed by atoms with van der Waals surface area (Å²) in [6.07, 6.45) is -2.83. The normalized spacial score (nSPS) is 14.8. The number of benzene rings is 2. The topological polar surface area (TPSA) is 77.0 Å². The van der Waals surface area contributed by atoms with Gasteiger partial charge in [0.15, 0.2) is 0 Å². The molecule has 0 radical (unpaired) electrons. The number of rotatable bonds is 2. The Hall–Kier alpha value is -3.69. The first-order valence-electron chi connectivity index (χ1n) is 9.80. The summed E-state index contributed by atoms with van der Waals surface area (Å²) >= 11 is 0. The Morgan fingerprint density at radius 2 is 1.81 bits per heavy atom. The quantitative estimate of drug-likeness (QED) is 0.474. The van der Waals surface area contributed by atoms with E-state index < -0.39 is 23.5 Å². The Morgan fingerprint density at radius 1 is 1.12 bits per heavy atom. The first-order valence-corrected chi connectivity index (χ1v) is 9.80. The molecule has 1 amide bonds. The number of amides is 1. The highest BCUT2D eigenvalue weighted by atomic mass is 19.4. The fourth-order valence-electron chi connectivity index (χ4n) is 4.11. The Morgan fingerprint density at radius 3 is 2.47 bits per heavy atom. The summed E-state index contributed by atoms with van der Waals surface area (Å²) in [6.45, 7) is 0.589. The molecule has 32 heavy (non-hydrogen) atoms. The van der Waals surface area contributed by atoms with Gasteiger partial charge in [-0.15, -0.1) is 0 Å². The molecule has 0 atom stereocenters. The van der Waals surface area contributed by atoms with Crippen LogP contribution in [0.15, 0.2) is 42.6 Å². The van der Waals surface area contributed by atoms with Gasteiger partial charge in [0.05, 0.1) is 33.7 Å². The van der Waals surface area contributed by atoms with Gasteiger partial charge in [-0.3, -0.25) is 9.48 Å². The van der Waals surface area contributed by atoms with Crippen molar-refractivity contribution >= 4 is 33.5 Å². The van der Waals surface area contributed by atoms with Crippen LogP contribution in [-0.2, 0) is 13.2 Å². The zero-order valence-electron chi connectivity index (χ0n) is 16.8. The lowest BCUT2D eigenvalue weighted by molar-refractivity contribution is -0.137. The van der Waals surface area contributed by atoms with E-state index in [0.29, 0.717) is 40.5 Å². The third kappa shape index (κ3) is 3.14. The summed E-state index contributed by atoms with van der Waals surface area (Å²) in [5.74, 6) is -1.08. The van der Waals surface area contributed by atoms with Gasteiger partial charge in [-0.05, 0) is 23.8 Å². The van der Waals surface area contributed by atoms with E-state index in [1.807, 2.05) is 0 Å². The van der Waals surface area contributed by atoms with Crippen LogP contribution in [0.3, 0.4) is 0 Å².